The fourth-order valence-corrected chi connectivity index (χ4v) is 3.52. The van der Waals surface area contributed by atoms with Gasteiger partial charge in [0.25, 0.3) is 0 Å². The molecule has 92 valence electrons. The first-order chi connectivity index (χ1) is 8.04. The molecule has 0 fully saturated rings. The van der Waals surface area contributed by atoms with Crippen LogP contribution in [0.5, 0.6) is 0 Å². The molecule has 2 rings (SSSR count). The second-order valence-electron chi connectivity index (χ2n) is 4.00. The number of hydrogen-bond acceptors (Lipinski definition) is 4. The molecule has 2 heterocycles. The number of nitrogens with one attached hydrogen (secondary N) is 1. The van der Waals surface area contributed by atoms with Gasteiger partial charge in [0.1, 0.15) is 0 Å². The first-order valence-corrected chi connectivity index (χ1v) is 6.94. The van der Waals surface area contributed by atoms with Crippen molar-refractivity contribution in [2.24, 2.45) is 7.05 Å². The zero-order valence-electron chi connectivity index (χ0n) is 10.3. The number of halogens is 1. The molecule has 0 aliphatic heterocycles. The van der Waals surface area contributed by atoms with Gasteiger partial charge in [-0.15, -0.1) is 16.4 Å². The average molecular weight is 315 g/mol. The van der Waals surface area contributed by atoms with Crippen LogP contribution in [0.1, 0.15) is 27.1 Å². The van der Waals surface area contributed by atoms with Gasteiger partial charge in [-0.05, 0) is 48.5 Å². The van der Waals surface area contributed by atoms with Gasteiger partial charge in [-0.1, -0.05) is 5.21 Å². The van der Waals surface area contributed by atoms with Gasteiger partial charge in [0.2, 0.25) is 0 Å². The molecule has 0 aromatic carbocycles. The number of aryl methyl sites for hydroxylation is 3. The van der Waals surface area contributed by atoms with E-state index in [0.29, 0.717) is 0 Å². The lowest BCUT2D eigenvalue weighted by Gasteiger charge is -2.14. The van der Waals surface area contributed by atoms with E-state index in [2.05, 4.69) is 51.5 Å². The molecule has 0 aliphatic carbocycles. The highest BCUT2D eigenvalue weighted by Gasteiger charge is 2.22. The van der Waals surface area contributed by atoms with Crippen LogP contribution < -0.4 is 5.32 Å². The van der Waals surface area contributed by atoms with E-state index >= 15 is 0 Å². The van der Waals surface area contributed by atoms with Crippen LogP contribution in [-0.2, 0) is 7.05 Å². The summed E-state index contributed by atoms with van der Waals surface area (Å²) in [6.07, 6.45) is 0. The van der Waals surface area contributed by atoms with Crippen molar-refractivity contribution in [1.29, 1.82) is 0 Å². The van der Waals surface area contributed by atoms with Gasteiger partial charge in [0.05, 0.1) is 11.7 Å². The summed E-state index contributed by atoms with van der Waals surface area (Å²) in [5.41, 5.74) is 2.38. The molecule has 6 heteroatoms. The Bertz CT molecular complexity index is 493. The van der Waals surface area contributed by atoms with Crippen molar-refractivity contribution in [1.82, 2.24) is 20.3 Å². The van der Waals surface area contributed by atoms with E-state index in [4.69, 9.17) is 0 Å². The molecule has 0 bridgehead atoms. The molecule has 2 aromatic rings. The Morgan fingerprint density at radius 3 is 2.59 bits per heavy atom. The summed E-state index contributed by atoms with van der Waals surface area (Å²) in [5.74, 6) is 0. The van der Waals surface area contributed by atoms with Crippen LogP contribution in [0.4, 0.5) is 0 Å². The van der Waals surface area contributed by atoms with E-state index in [-0.39, 0.29) is 6.04 Å². The minimum absolute atomic E-state index is 0.127. The smallest absolute Gasteiger partial charge is 0.153 e. The first-order valence-electron chi connectivity index (χ1n) is 5.34. The van der Waals surface area contributed by atoms with Crippen molar-refractivity contribution < 1.29 is 0 Å². The van der Waals surface area contributed by atoms with Crippen molar-refractivity contribution in [3.8, 4) is 0 Å². The Morgan fingerprint density at radius 1 is 1.47 bits per heavy atom. The van der Waals surface area contributed by atoms with Crippen LogP contribution in [0.15, 0.2) is 10.7 Å². The zero-order valence-corrected chi connectivity index (χ0v) is 12.7. The lowest BCUT2D eigenvalue weighted by atomic mass is 10.1. The molecule has 4 nitrogen and oxygen atoms in total. The Morgan fingerprint density at radius 2 is 2.18 bits per heavy atom. The van der Waals surface area contributed by atoms with Gasteiger partial charge >= 0.3 is 0 Å². The molecule has 0 saturated heterocycles. The third-order valence-electron chi connectivity index (χ3n) is 2.86. The monoisotopic (exact) mass is 314 g/mol. The molecule has 0 aliphatic rings. The Hall–Kier alpha value is -0.720. The van der Waals surface area contributed by atoms with Gasteiger partial charge in [0.15, 0.2) is 4.60 Å². The third kappa shape index (κ3) is 2.29. The summed E-state index contributed by atoms with van der Waals surface area (Å²) in [6.45, 7) is 4.28. The number of thiophene rings is 1. The van der Waals surface area contributed by atoms with Crippen molar-refractivity contribution in [3.63, 3.8) is 0 Å². The molecule has 0 spiro atoms. The highest BCUT2D eigenvalue weighted by molar-refractivity contribution is 9.10. The number of rotatable bonds is 3. The van der Waals surface area contributed by atoms with Crippen molar-refractivity contribution in [3.05, 3.63) is 31.7 Å². The number of nitrogens with zero attached hydrogens (tertiary/aromatic N) is 3. The summed E-state index contributed by atoms with van der Waals surface area (Å²) in [6, 6.07) is 2.35. The van der Waals surface area contributed by atoms with Gasteiger partial charge in [-0.2, -0.15) is 0 Å². The summed E-state index contributed by atoms with van der Waals surface area (Å²) >= 11 is 5.26. The molecular formula is C11H15BrN4S. The summed E-state index contributed by atoms with van der Waals surface area (Å²) in [4.78, 5) is 2.64. The van der Waals surface area contributed by atoms with Crippen LogP contribution >= 0.6 is 27.3 Å². The molecule has 1 unspecified atom stereocenters. The second-order valence-corrected chi connectivity index (χ2v) is 6.04. The van der Waals surface area contributed by atoms with Gasteiger partial charge in [0, 0.05) is 16.8 Å². The van der Waals surface area contributed by atoms with E-state index in [0.717, 1.165) is 10.3 Å². The van der Waals surface area contributed by atoms with Crippen molar-refractivity contribution in [2.45, 2.75) is 19.9 Å². The van der Waals surface area contributed by atoms with Crippen LogP contribution in [0.2, 0.25) is 0 Å². The second kappa shape index (κ2) is 4.88. The lowest BCUT2D eigenvalue weighted by molar-refractivity contribution is 0.603. The quantitative estimate of drug-likeness (QED) is 0.946. The van der Waals surface area contributed by atoms with Crippen LogP contribution in [-0.4, -0.2) is 22.0 Å². The molecule has 1 N–H and O–H groups in total. The summed E-state index contributed by atoms with van der Waals surface area (Å²) < 4.78 is 2.60. The maximum atomic E-state index is 4.03. The van der Waals surface area contributed by atoms with Gasteiger partial charge < -0.3 is 5.32 Å². The minimum atomic E-state index is 0.127. The molecular weight excluding hydrogens is 300 g/mol. The van der Waals surface area contributed by atoms with E-state index in [1.54, 1.807) is 4.68 Å². The highest BCUT2D eigenvalue weighted by Crippen LogP contribution is 2.32. The normalized spacial score (nSPS) is 13.0. The SMILES string of the molecule is CNC(c1cc(C)c(C)s1)c1c(Br)nnn1C. The fraction of sp³-hybridized carbons (Fsp3) is 0.455. The Labute approximate surface area is 113 Å². The maximum Gasteiger partial charge on any atom is 0.153 e. The predicted octanol–water partition coefficient (Wildman–Crippen LogP) is 2.56. The highest BCUT2D eigenvalue weighted by atomic mass is 79.9. The number of aromatic nitrogens is 3. The molecule has 0 saturated carbocycles. The van der Waals surface area contributed by atoms with Crippen LogP contribution in [0.3, 0.4) is 0 Å². The zero-order chi connectivity index (χ0) is 12.6. The third-order valence-corrected chi connectivity index (χ3v) is 4.64. The van der Waals surface area contributed by atoms with Crippen LogP contribution in [0, 0.1) is 13.8 Å². The Balaban J connectivity index is 2.47. The Kier molecular flexibility index (Phi) is 3.65. The summed E-state index contributed by atoms with van der Waals surface area (Å²) in [7, 11) is 3.86. The van der Waals surface area contributed by atoms with Gasteiger partial charge in [-0.3, -0.25) is 0 Å². The predicted molar refractivity (Wildman–Crippen MR) is 73.4 cm³/mol. The van der Waals surface area contributed by atoms with Crippen molar-refractivity contribution in [2.75, 3.05) is 7.05 Å². The van der Waals surface area contributed by atoms with E-state index in [1.165, 1.54) is 15.3 Å². The molecule has 2 aromatic heterocycles. The molecule has 1 atom stereocenters. The average Bonchev–Trinajstić information content (AvgIpc) is 2.77. The standard InChI is InChI=1S/C11H15BrN4S/c1-6-5-8(17-7(6)2)9(13-3)10-11(12)14-15-16(10)4/h5,9,13H,1-4H3. The van der Waals surface area contributed by atoms with Crippen molar-refractivity contribution >= 4 is 27.3 Å². The van der Waals surface area contributed by atoms with Gasteiger partial charge in [-0.25, -0.2) is 4.68 Å². The largest absolute Gasteiger partial charge is 0.307 e. The molecule has 17 heavy (non-hydrogen) atoms. The summed E-state index contributed by atoms with van der Waals surface area (Å²) in [5, 5.41) is 11.4. The molecule has 0 radical (unpaired) electrons. The van der Waals surface area contributed by atoms with E-state index in [1.807, 2.05) is 25.4 Å². The maximum absolute atomic E-state index is 4.03. The van der Waals surface area contributed by atoms with E-state index < -0.39 is 0 Å². The van der Waals surface area contributed by atoms with E-state index in [9.17, 15) is 0 Å². The topological polar surface area (TPSA) is 42.7 Å². The minimum Gasteiger partial charge on any atom is -0.307 e. The number of hydrogen-bond donors (Lipinski definition) is 1. The molecule has 0 amide bonds. The van der Waals surface area contributed by atoms with Crippen LogP contribution in [0.25, 0.3) is 0 Å². The lowest BCUT2D eigenvalue weighted by Crippen LogP contribution is -2.20. The first kappa shape index (κ1) is 12.7. The fourth-order valence-electron chi connectivity index (χ4n) is 1.80.